The van der Waals surface area contributed by atoms with Crippen molar-refractivity contribution in [1.82, 2.24) is 0 Å². The Morgan fingerprint density at radius 2 is 2.18 bits per heavy atom. The normalized spacial score (nSPS) is 24.5. The molecule has 1 aromatic carbocycles. The van der Waals surface area contributed by atoms with Gasteiger partial charge in [-0.25, -0.2) is 0 Å². The summed E-state index contributed by atoms with van der Waals surface area (Å²) in [7, 11) is 2.11. The highest BCUT2D eigenvalue weighted by Crippen LogP contribution is 2.39. The van der Waals surface area contributed by atoms with Crippen molar-refractivity contribution in [2.75, 3.05) is 18.5 Å². The van der Waals surface area contributed by atoms with Gasteiger partial charge in [0.05, 0.1) is 10.7 Å². The lowest BCUT2D eigenvalue weighted by Gasteiger charge is -2.21. The molecule has 0 aromatic heterocycles. The van der Waals surface area contributed by atoms with Crippen LogP contribution in [0.15, 0.2) is 18.2 Å². The third-order valence-corrected chi connectivity index (χ3v) is 4.00. The summed E-state index contributed by atoms with van der Waals surface area (Å²) in [6.07, 6.45) is 1.35. The standard InChI is InChI=1S/C14H21ClN2/c1-9-6-12(9)8-17(3)14-5-4-11(10(2)16)7-13(14)15/h4-5,7,9-10,12H,6,8,16H2,1-3H3/t9?,10-,12?/m1/s1. The minimum absolute atomic E-state index is 0.0373. The van der Waals surface area contributed by atoms with Crippen LogP contribution in [0.5, 0.6) is 0 Å². The lowest BCUT2D eigenvalue weighted by molar-refractivity contribution is 0.725. The van der Waals surface area contributed by atoms with E-state index in [1.54, 1.807) is 0 Å². The molecule has 0 radical (unpaired) electrons. The number of benzene rings is 1. The zero-order valence-electron chi connectivity index (χ0n) is 10.8. The van der Waals surface area contributed by atoms with Crippen molar-refractivity contribution in [2.24, 2.45) is 17.6 Å². The van der Waals surface area contributed by atoms with Gasteiger partial charge in [-0.2, -0.15) is 0 Å². The van der Waals surface area contributed by atoms with Gasteiger partial charge in [0.25, 0.3) is 0 Å². The summed E-state index contributed by atoms with van der Waals surface area (Å²) in [6, 6.07) is 6.16. The van der Waals surface area contributed by atoms with Crippen molar-refractivity contribution in [3.05, 3.63) is 28.8 Å². The molecule has 0 amide bonds. The quantitative estimate of drug-likeness (QED) is 0.889. The Bertz CT molecular complexity index is 403. The summed E-state index contributed by atoms with van der Waals surface area (Å²) in [5, 5.41) is 0.801. The molecule has 0 spiro atoms. The van der Waals surface area contributed by atoms with Gasteiger partial charge in [-0.3, -0.25) is 0 Å². The van der Waals surface area contributed by atoms with E-state index in [9.17, 15) is 0 Å². The van der Waals surface area contributed by atoms with E-state index in [2.05, 4.69) is 31.0 Å². The second-order valence-corrected chi connectivity index (χ2v) is 5.76. The van der Waals surface area contributed by atoms with Gasteiger partial charge < -0.3 is 10.6 Å². The molecule has 1 aromatic rings. The zero-order valence-corrected chi connectivity index (χ0v) is 11.5. The van der Waals surface area contributed by atoms with Gasteiger partial charge in [0.15, 0.2) is 0 Å². The molecule has 0 aliphatic heterocycles. The molecule has 3 heteroatoms. The van der Waals surface area contributed by atoms with Crippen molar-refractivity contribution in [1.29, 1.82) is 0 Å². The highest BCUT2D eigenvalue weighted by atomic mass is 35.5. The molecule has 1 saturated carbocycles. The average Bonchev–Trinajstić information content (AvgIpc) is 2.93. The Balaban J connectivity index is 2.09. The van der Waals surface area contributed by atoms with Gasteiger partial charge in [-0.05, 0) is 42.9 Å². The van der Waals surface area contributed by atoms with Crippen LogP contribution in [0.3, 0.4) is 0 Å². The minimum Gasteiger partial charge on any atom is -0.373 e. The van der Waals surface area contributed by atoms with E-state index in [0.29, 0.717) is 0 Å². The molecular weight excluding hydrogens is 232 g/mol. The first kappa shape index (κ1) is 12.7. The Morgan fingerprint density at radius 1 is 1.53 bits per heavy atom. The van der Waals surface area contributed by atoms with Crippen LogP contribution in [0, 0.1) is 11.8 Å². The Morgan fingerprint density at radius 3 is 2.65 bits per heavy atom. The molecule has 2 rings (SSSR count). The average molecular weight is 253 g/mol. The fourth-order valence-corrected chi connectivity index (χ4v) is 2.55. The van der Waals surface area contributed by atoms with Gasteiger partial charge in [-0.1, -0.05) is 24.6 Å². The van der Waals surface area contributed by atoms with Crippen LogP contribution in [0.1, 0.15) is 31.9 Å². The van der Waals surface area contributed by atoms with E-state index in [4.69, 9.17) is 17.3 Å². The number of nitrogens with zero attached hydrogens (tertiary/aromatic N) is 1. The Hall–Kier alpha value is -0.730. The highest BCUT2D eigenvalue weighted by Gasteiger charge is 2.33. The molecular formula is C14H21ClN2. The number of hydrogen-bond acceptors (Lipinski definition) is 2. The molecule has 1 aliphatic carbocycles. The molecule has 0 heterocycles. The maximum Gasteiger partial charge on any atom is 0.0642 e. The minimum atomic E-state index is 0.0373. The topological polar surface area (TPSA) is 29.3 Å². The van der Waals surface area contributed by atoms with E-state index in [0.717, 1.165) is 34.7 Å². The molecule has 3 atom stereocenters. The van der Waals surface area contributed by atoms with E-state index < -0.39 is 0 Å². The summed E-state index contributed by atoms with van der Waals surface area (Å²) in [5.41, 5.74) is 8.04. The summed E-state index contributed by atoms with van der Waals surface area (Å²) >= 11 is 6.31. The van der Waals surface area contributed by atoms with E-state index in [-0.39, 0.29) is 6.04 Å². The Labute approximate surface area is 109 Å². The number of nitrogens with two attached hydrogens (primary N) is 1. The van der Waals surface area contributed by atoms with Gasteiger partial charge in [0.1, 0.15) is 0 Å². The van der Waals surface area contributed by atoms with Gasteiger partial charge in [0.2, 0.25) is 0 Å². The first-order chi connectivity index (χ1) is 7.99. The predicted molar refractivity (Wildman–Crippen MR) is 74.6 cm³/mol. The van der Waals surface area contributed by atoms with Crippen molar-refractivity contribution in [3.63, 3.8) is 0 Å². The maximum atomic E-state index is 6.31. The van der Waals surface area contributed by atoms with E-state index >= 15 is 0 Å². The molecule has 1 aliphatic rings. The lowest BCUT2D eigenvalue weighted by atomic mass is 10.1. The summed E-state index contributed by atoms with van der Waals surface area (Å²) in [6.45, 7) is 5.37. The number of halogens is 1. The molecule has 17 heavy (non-hydrogen) atoms. The van der Waals surface area contributed by atoms with Crippen LogP contribution in [0.25, 0.3) is 0 Å². The van der Waals surface area contributed by atoms with Gasteiger partial charge in [-0.15, -0.1) is 0 Å². The summed E-state index contributed by atoms with van der Waals surface area (Å²) in [4.78, 5) is 2.25. The molecule has 2 unspecified atom stereocenters. The molecule has 1 fully saturated rings. The third-order valence-electron chi connectivity index (χ3n) is 3.69. The van der Waals surface area contributed by atoms with Crippen LogP contribution in [-0.2, 0) is 0 Å². The third kappa shape index (κ3) is 2.93. The molecule has 0 bridgehead atoms. The fourth-order valence-electron chi connectivity index (χ4n) is 2.22. The number of hydrogen-bond donors (Lipinski definition) is 1. The van der Waals surface area contributed by atoms with Crippen LogP contribution in [0.4, 0.5) is 5.69 Å². The second kappa shape index (κ2) is 4.87. The van der Waals surface area contributed by atoms with Crippen molar-refractivity contribution >= 4 is 17.3 Å². The van der Waals surface area contributed by atoms with Crippen LogP contribution in [0.2, 0.25) is 5.02 Å². The largest absolute Gasteiger partial charge is 0.373 e. The molecule has 94 valence electrons. The van der Waals surface area contributed by atoms with E-state index in [1.165, 1.54) is 6.42 Å². The zero-order chi connectivity index (χ0) is 12.6. The maximum absolute atomic E-state index is 6.31. The van der Waals surface area contributed by atoms with Gasteiger partial charge >= 0.3 is 0 Å². The van der Waals surface area contributed by atoms with Crippen LogP contribution < -0.4 is 10.6 Å². The van der Waals surface area contributed by atoms with Crippen molar-refractivity contribution in [2.45, 2.75) is 26.3 Å². The first-order valence-corrected chi connectivity index (χ1v) is 6.63. The van der Waals surface area contributed by atoms with Gasteiger partial charge in [0, 0.05) is 19.6 Å². The van der Waals surface area contributed by atoms with E-state index in [1.807, 2.05) is 13.0 Å². The van der Waals surface area contributed by atoms with Crippen LogP contribution >= 0.6 is 11.6 Å². The fraction of sp³-hybridized carbons (Fsp3) is 0.571. The lowest BCUT2D eigenvalue weighted by Crippen LogP contribution is -2.21. The van der Waals surface area contributed by atoms with Crippen molar-refractivity contribution in [3.8, 4) is 0 Å². The second-order valence-electron chi connectivity index (χ2n) is 5.35. The highest BCUT2D eigenvalue weighted by molar-refractivity contribution is 6.33. The Kier molecular flexibility index (Phi) is 3.64. The first-order valence-electron chi connectivity index (χ1n) is 6.25. The number of anilines is 1. The monoisotopic (exact) mass is 252 g/mol. The summed E-state index contributed by atoms with van der Waals surface area (Å²) < 4.78 is 0. The number of rotatable bonds is 4. The van der Waals surface area contributed by atoms with Crippen molar-refractivity contribution < 1.29 is 0 Å². The van der Waals surface area contributed by atoms with Crippen LogP contribution in [-0.4, -0.2) is 13.6 Å². The SMILES string of the molecule is CC1CC1CN(C)c1ccc([C@@H](C)N)cc1Cl. The molecule has 2 N–H and O–H groups in total. The molecule has 2 nitrogen and oxygen atoms in total. The smallest absolute Gasteiger partial charge is 0.0642 e. The summed E-state index contributed by atoms with van der Waals surface area (Å²) in [5.74, 6) is 1.71. The molecule has 0 saturated heterocycles. The predicted octanol–water partition coefficient (Wildman–Crippen LogP) is 3.45.